The molecule has 0 aliphatic heterocycles. The summed E-state index contributed by atoms with van der Waals surface area (Å²) in [4.78, 5) is 2.92. The molecule has 1 heterocycles. The van der Waals surface area contributed by atoms with Crippen molar-refractivity contribution in [2.75, 3.05) is 0 Å². The van der Waals surface area contributed by atoms with Crippen LogP contribution in [0.25, 0.3) is 10.9 Å². The van der Waals surface area contributed by atoms with Crippen molar-refractivity contribution in [3.63, 3.8) is 0 Å². The molecular formula is C9H7N3OS2. The highest BCUT2D eigenvalue weighted by atomic mass is 32.1. The van der Waals surface area contributed by atoms with E-state index in [1.807, 2.05) is 18.2 Å². The lowest BCUT2D eigenvalue weighted by atomic mass is 10.2. The highest BCUT2D eigenvalue weighted by Gasteiger charge is 2.08. The first-order valence-electron chi connectivity index (χ1n) is 4.13. The van der Waals surface area contributed by atoms with Gasteiger partial charge in [-0.05, 0) is 24.4 Å². The second kappa shape index (κ2) is 4.00. The maximum absolute atomic E-state index is 9.75. The van der Waals surface area contributed by atoms with Gasteiger partial charge in [0.1, 0.15) is 0 Å². The molecule has 0 spiro atoms. The summed E-state index contributed by atoms with van der Waals surface area (Å²) in [6.07, 6.45) is 0. The van der Waals surface area contributed by atoms with Gasteiger partial charge in [-0.2, -0.15) is 0 Å². The van der Waals surface area contributed by atoms with E-state index in [-0.39, 0.29) is 15.9 Å². The molecule has 0 fully saturated rings. The monoisotopic (exact) mass is 237 g/mol. The van der Waals surface area contributed by atoms with Gasteiger partial charge in [-0.15, -0.1) is 22.9 Å². The summed E-state index contributed by atoms with van der Waals surface area (Å²) in [7, 11) is 0. The number of rotatable bonds is 1. The number of hydrogen-bond donors (Lipinski definition) is 3. The lowest BCUT2D eigenvalue weighted by Gasteiger charge is -1.88. The lowest BCUT2D eigenvalue weighted by Crippen LogP contribution is -1.69. The van der Waals surface area contributed by atoms with Crippen molar-refractivity contribution in [1.29, 1.82) is 0 Å². The van der Waals surface area contributed by atoms with E-state index >= 15 is 0 Å². The van der Waals surface area contributed by atoms with Gasteiger partial charge < -0.3 is 10.1 Å². The van der Waals surface area contributed by atoms with Crippen LogP contribution in [0.2, 0.25) is 0 Å². The molecule has 6 heteroatoms. The Morgan fingerprint density at radius 1 is 1.40 bits per heavy atom. The van der Waals surface area contributed by atoms with Crippen LogP contribution in [0.4, 0.5) is 5.82 Å². The van der Waals surface area contributed by atoms with E-state index in [0.717, 1.165) is 5.52 Å². The fraction of sp³-hybridized carbons (Fsp3) is 0. The number of fused-ring (bicyclic) bond motifs is 1. The van der Waals surface area contributed by atoms with Gasteiger partial charge in [0.05, 0.1) is 5.52 Å². The smallest absolute Gasteiger partial charge is 0.196 e. The van der Waals surface area contributed by atoms with Crippen molar-refractivity contribution in [3.05, 3.63) is 24.3 Å². The summed E-state index contributed by atoms with van der Waals surface area (Å²) in [5, 5.41) is 17.8. The van der Waals surface area contributed by atoms with E-state index in [0.29, 0.717) is 5.39 Å². The Morgan fingerprint density at radius 3 is 2.80 bits per heavy atom. The van der Waals surface area contributed by atoms with Gasteiger partial charge in [0.15, 0.2) is 15.9 Å². The van der Waals surface area contributed by atoms with E-state index in [2.05, 4.69) is 40.1 Å². The molecule has 0 aliphatic rings. The van der Waals surface area contributed by atoms with E-state index < -0.39 is 0 Å². The molecule has 1 aromatic heterocycles. The van der Waals surface area contributed by atoms with E-state index in [1.54, 1.807) is 6.07 Å². The van der Waals surface area contributed by atoms with Crippen LogP contribution in [0.1, 0.15) is 0 Å². The van der Waals surface area contributed by atoms with Gasteiger partial charge in [-0.1, -0.05) is 12.1 Å². The average Bonchev–Trinajstić information content (AvgIpc) is 2.54. The van der Waals surface area contributed by atoms with Gasteiger partial charge in [-0.3, -0.25) is 0 Å². The normalized spacial score (nSPS) is 11.3. The van der Waals surface area contributed by atoms with Gasteiger partial charge in [0, 0.05) is 5.39 Å². The number of azo groups is 1. The number of thiocarbonyl (C=S) groups is 1. The number of aromatic amines is 1. The molecule has 2 aromatic rings. The molecule has 2 rings (SSSR count). The Hall–Kier alpha value is -1.40. The van der Waals surface area contributed by atoms with Crippen LogP contribution in [0.15, 0.2) is 34.5 Å². The Kier molecular flexibility index (Phi) is 2.70. The largest absolute Gasteiger partial charge is 0.504 e. The van der Waals surface area contributed by atoms with Gasteiger partial charge >= 0.3 is 0 Å². The third kappa shape index (κ3) is 2.00. The number of nitrogens with one attached hydrogen (secondary N) is 1. The molecule has 4 nitrogen and oxygen atoms in total. The molecular weight excluding hydrogens is 230 g/mol. The van der Waals surface area contributed by atoms with Crippen LogP contribution in [-0.4, -0.2) is 14.4 Å². The van der Waals surface area contributed by atoms with Gasteiger partial charge in [-0.25, -0.2) is 0 Å². The van der Waals surface area contributed by atoms with Crippen molar-refractivity contribution >= 4 is 45.9 Å². The number of H-pyrrole nitrogens is 1. The maximum atomic E-state index is 9.75. The standard InChI is InChI=1S/C9H7N3OS2/c13-7-5-3-1-2-4-6(5)10-8(7)11-12-9(14)15/h1-4,10,13H,(H,14,15)/b12-11+. The molecule has 76 valence electrons. The Balaban J connectivity index is 2.53. The summed E-state index contributed by atoms with van der Waals surface area (Å²) < 4.78 is 0.119. The van der Waals surface area contributed by atoms with Gasteiger partial charge in [0.2, 0.25) is 0 Å². The molecule has 2 N–H and O–H groups in total. The molecule has 15 heavy (non-hydrogen) atoms. The zero-order valence-electron chi connectivity index (χ0n) is 7.51. The summed E-state index contributed by atoms with van der Waals surface area (Å²) >= 11 is 8.43. The Bertz CT molecular complexity index is 547. The second-order valence-electron chi connectivity index (χ2n) is 2.85. The molecule has 0 unspecified atom stereocenters. The van der Waals surface area contributed by atoms with E-state index in [1.165, 1.54) is 0 Å². The van der Waals surface area contributed by atoms with Crippen molar-refractivity contribution in [2.24, 2.45) is 10.2 Å². The zero-order chi connectivity index (χ0) is 10.8. The number of thiol groups is 1. The topological polar surface area (TPSA) is 60.7 Å². The second-order valence-corrected chi connectivity index (χ2v) is 3.96. The van der Waals surface area contributed by atoms with Crippen LogP contribution < -0.4 is 0 Å². The Labute approximate surface area is 96.4 Å². The van der Waals surface area contributed by atoms with Crippen LogP contribution in [-0.2, 0) is 0 Å². The SMILES string of the molecule is Oc1c(/N=N/C(=S)S)[nH]c2ccccc12. The quantitative estimate of drug-likeness (QED) is 0.405. The Morgan fingerprint density at radius 2 is 2.13 bits per heavy atom. The van der Waals surface area contributed by atoms with Crippen molar-refractivity contribution in [3.8, 4) is 5.75 Å². The summed E-state index contributed by atoms with van der Waals surface area (Å²) in [5.74, 6) is 0.353. The maximum Gasteiger partial charge on any atom is 0.196 e. The minimum Gasteiger partial charge on any atom is -0.504 e. The third-order valence-electron chi connectivity index (χ3n) is 1.90. The highest BCUT2D eigenvalue weighted by Crippen LogP contribution is 2.34. The number of benzene rings is 1. The van der Waals surface area contributed by atoms with Gasteiger partial charge in [0.25, 0.3) is 0 Å². The minimum atomic E-state index is 0.0685. The van der Waals surface area contributed by atoms with Crippen LogP contribution in [0.5, 0.6) is 5.75 Å². The predicted molar refractivity (Wildman–Crippen MR) is 66.1 cm³/mol. The molecule has 0 bridgehead atoms. The third-order valence-corrected chi connectivity index (χ3v) is 2.07. The lowest BCUT2D eigenvalue weighted by molar-refractivity contribution is 0.482. The van der Waals surface area contributed by atoms with E-state index in [4.69, 9.17) is 0 Å². The van der Waals surface area contributed by atoms with Crippen molar-refractivity contribution < 1.29 is 5.11 Å². The predicted octanol–water partition coefficient (Wildman–Crippen LogP) is 3.17. The molecule has 0 saturated heterocycles. The summed E-state index contributed by atoms with van der Waals surface area (Å²) in [6, 6.07) is 7.33. The van der Waals surface area contributed by atoms with Crippen molar-refractivity contribution in [2.45, 2.75) is 0 Å². The molecule has 0 aliphatic carbocycles. The number of para-hydroxylation sites is 1. The summed E-state index contributed by atoms with van der Waals surface area (Å²) in [6.45, 7) is 0. The molecule has 0 atom stereocenters. The zero-order valence-corrected chi connectivity index (χ0v) is 9.22. The highest BCUT2D eigenvalue weighted by molar-refractivity contribution is 8.11. The number of hydrogen-bond acceptors (Lipinski definition) is 3. The molecule has 0 amide bonds. The van der Waals surface area contributed by atoms with Crippen LogP contribution >= 0.6 is 24.8 Å². The van der Waals surface area contributed by atoms with Crippen LogP contribution in [0.3, 0.4) is 0 Å². The molecule has 0 radical (unpaired) electrons. The number of nitrogens with zero attached hydrogens (tertiary/aromatic N) is 2. The number of aromatic hydroxyl groups is 1. The summed E-state index contributed by atoms with van der Waals surface area (Å²) in [5.41, 5.74) is 0.800. The molecule has 0 saturated carbocycles. The molecule has 1 aromatic carbocycles. The average molecular weight is 237 g/mol. The first-order chi connectivity index (χ1) is 7.18. The van der Waals surface area contributed by atoms with E-state index in [9.17, 15) is 5.11 Å². The van der Waals surface area contributed by atoms with Crippen molar-refractivity contribution in [1.82, 2.24) is 4.98 Å². The van der Waals surface area contributed by atoms with Crippen LogP contribution in [0, 0.1) is 0 Å². The minimum absolute atomic E-state index is 0.0685. The fourth-order valence-corrected chi connectivity index (χ4v) is 1.36. The first-order valence-corrected chi connectivity index (χ1v) is 4.98. The first kappa shape index (κ1) is 10.1. The fourth-order valence-electron chi connectivity index (χ4n) is 1.28. The number of aromatic nitrogens is 1.